The van der Waals surface area contributed by atoms with Crippen molar-refractivity contribution < 1.29 is 5.11 Å². The summed E-state index contributed by atoms with van der Waals surface area (Å²) in [5.74, 6) is 0.774. The fourth-order valence-corrected chi connectivity index (χ4v) is 2.67. The number of rotatable bonds is 1. The average molecular weight is 191 g/mol. The van der Waals surface area contributed by atoms with Crippen molar-refractivity contribution in [3.63, 3.8) is 0 Å². The largest absolute Gasteiger partial charge is 0.383 e. The first-order valence-electron chi connectivity index (χ1n) is 4.96. The standard InChI is InChI=1S/C10H13N3O/c1-13-11-6-9(12-13)10(14)5-7-2-3-8(10)4-7/h2-3,6-8,14H,4-5H2,1H3. The van der Waals surface area contributed by atoms with Crippen LogP contribution >= 0.6 is 0 Å². The summed E-state index contributed by atoms with van der Waals surface area (Å²) in [6.45, 7) is 0. The van der Waals surface area contributed by atoms with Crippen LogP contribution in [0, 0.1) is 11.8 Å². The second kappa shape index (κ2) is 2.45. The van der Waals surface area contributed by atoms with Gasteiger partial charge in [0.15, 0.2) is 0 Å². The van der Waals surface area contributed by atoms with E-state index in [0.29, 0.717) is 5.92 Å². The van der Waals surface area contributed by atoms with Gasteiger partial charge in [0.1, 0.15) is 11.3 Å². The summed E-state index contributed by atoms with van der Waals surface area (Å²) in [6.07, 6.45) is 7.85. The number of aromatic nitrogens is 3. The smallest absolute Gasteiger partial charge is 0.117 e. The molecule has 2 aliphatic rings. The molecule has 3 unspecified atom stereocenters. The van der Waals surface area contributed by atoms with E-state index in [-0.39, 0.29) is 5.92 Å². The van der Waals surface area contributed by atoms with Gasteiger partial charge in [-0.1, -0.05) is 12.2 Å². The first kappa shape index (κ1) is 8.17. The Morgan fingerprint density at radius 2 is 2.43 bits per heavy atom. The third-order valence-electron chi connectivity index (χ3n) is 3.40. The van der Waals surface area contributed by atoms with E-state index >= 15 is 0 Å². The van der Waals surface area contributed by atoms with Gasteiger partial charge in [0.2, 0.25) is 0 Å². The average Bonchev–Trinajstić information content (AvgIpc) is 2.78. The molecule has 0 aromatic carbocycles. The summed E-state index contributed by atoms with van der Waals surface area (Å²) in [7, 11) is 1.77. The Kier molecular flexibility index (Phi) is 1.43. The maximum Gasteiger partial charge on any atom is 0.117 e. The van der Waals surface area contributed by atoms with Gasteiger partial charge in [-0.2, -0.15) is 15.0 Å². The minimum Gasteiger partial charge on any atom is -0.383 e. The monoisotopic (exact) mass is 191 g/mol. The lowest BCUT2D eigenvalue weighted by molar-refractivity contribution is 0.00559. The number of hydrogen-bond donors (Lipinski definition) is 1. The Bertz CT molecular complexity index is 398. The van der Waals surface area contributed by atoms with Crippen LogP contribution in [-0.4, -0.2) is 20.1 Å². The lowest BCUT2D eigenvalue weighted by atomic mass is 9.86. The molecular weight excluding hydrogens is 178 g/mol. The molecule has 1 aromatic heterocycles. The van der Waals surface area contributed by atoms with Crippen LogP contribution in [0.3, 0.4) is 0 Å². The van der Waals surface area contributed by atoms with Gasteiger partial charge in [0, 0.05) is 13.0 Å². The number of hydrogen-bond acceptors (Lipinski definition) is 3. The summed E-state index contributed by atoms with van der Waals surface area (Å²) >= 11 is 0. The van der Waals surface area contributed by atoms with Crippen LogP contribution < -0.4 is 0 Å². The quantitative estimate of drug-likeness (QED) is 0.661. The minimum absolute atomic E-state index is 0.240. The third kappa shape index (κ3) is 0.917. The second-order valence-electron chi connectivity index (χ2n) is 4.33. The summed E-state index contributed by atoms with van der Waals surface area (Å²) in [6, 6.07) is 0. The molecule has 3 rings (SSSR count). The Balaban J connectivity index is 2.02. The van der Waals surface area contributed by atoms with Crippen molar-refractivity contribution in [2.45, 2.75) is 18.4 Å². The maximum atomic E-state index is 10.5. The lowest BCUT2D eigenvalue weighted by Gasteiger charge is -2.27. The van der Waals surface area contributed by atoms with Crippen LogP contribution in [0.1, 0.15) is 18.5 Å². The molecule has 0 aliphatic heterocycles. The van der Waals surface area contributed by atoms with Gasteiger partial charge < -0.3 is 5.11 Å². The molecule has 0 saturated heterocycles. The van der Waals surface area contributed by atoms with Crippen LogP contribution in [0.15, 0.2) is 18.3 Å². The number of aryl methyl sites for hydroxylation is 1. The van der Waals surface area contributed by atoms with Crippen LogP contribution in [0.25, 0.3) is 0 Å². The van der Waals surface area contributed by atoms with Crippen LogP contribution in [0.4, 0.5) is 0 Å². The molecular formula is C10H13N3O. The second-order valence-corrected chi connectivity index (χ2v) is 4.33. The van der Waals surface area contributed by atoms with Gasteiger partial charge in [-0.25, -0.2) is 0 Å². The zero-order valence-corrected chi connectivity index (χ0v) is 8.09. The van der Waals surface area contributed by atoms with Crippen molar-refractivity contribution in [3.8, 4) is 0 Å². The van der Waals surface area contributed by atoms with E-state index in [1.54, 1.807) is 13.2 Å². The van der Waals surface area contributed by atoms with E-state index in [2.05, 4.69) is 22.3 Å². The molecule has 1 heterocycles. The molecule has 2 aliphatic carbocycles. The molecule has 0 amide bonds. The summed E-state index contributed by atoms with van der Waals surface area (Å²) in [5, 5.41) is 18.7. The zero-order valence-electron chi connectivity index (χ0n) is 8.09. The zero-order chi connectivity index (χ0) is 9.76. The van der Waals surface area contributed by atoms with E-state index in [1.165, 1.54) is 4.80 Å². The molecule has 0 spiro atoms. The number of fused-ring (bicyclic) bond motifs is 2. The van der Waals surface area contributed by atoms with E-state index in [9.17, 15) is 5.11 Å². The van der Waals surface area contributed by atoms with Gasteiger partial charge >= 0.3 is 0 Å². The van der Waals surface area contributed by atoms with E-state index in [0.717, 1.165) is 18.5 Å². The van der Waals surface area contributed by atoms with Crippen molar-refractivity contribution in [2.24, 2.45) is 18.9 Å². The lowest BCUT2D eigenvalue weighted by Crippen LogP contribution is -2.31. The predicted molar refractivity (Wildman–Crippen MR) is 50.3 cm³/mol. The van der Waals surface area contributed by atoms with Crippen molar-refractivity contribution in [2.75, 3.05) is 0 Å². The van der Waals surface area contributed by atoms with Crippen LogP contribution in [0.5, 0.6) is 0 Å². The Morgan fingerprint density at radius 1 is 1.57 bits per heavy atom. The molecule has 3 atom stereocenters. The molecule has 4 heteroatoms. The van der Waals surface area contributed by atoms with Crippen molar-refractivity contribution >= 4 is 0 Å². The molecule has 4 nitrogen and oxygen atoms in total. The predicted octanol–water partition coefficient (Wildman–Crippen LogP) is 0.599. The van der Waals surface area contributed by atoms with E-state index in [1.807, 2.05) is 0 Å². The van der Waals surface area contributed by atoms with Gasteiger partial charge in [0.25, 0.3) is 0 Å². The number of nitrogens with zero attached hydrogens (tertiary/aromatic N) is 3. The molecule has 1 fully saturated rings. The van der Waals surface area contributed by atoms with Crippen molar-refractivity contribution in [1.29, 1.82) is 0 Å². The summed E-state index contributed by atoms with van der Waals surface area (Å²) in [4.78, 5) is 1.50. The molecule has 1 aromatic rings. The normalized spacial score (nSPS) is 39.6. The molecule has 14 heavy (non-hydrogen) atoms. The molecule has 74 valence electrons. The van der Waals surface area contributed by atoms with Crippen LogP contribution in [0.2, 0.25) is 0 Å². The fourth-order valence-electron chi connectivity index (χ4n) is 2.67. The van der Waals surface area contributed by atoms with Crippen LogP contribution in [-0.2, 0) is 12.6 Å². The highest BCUT2D eigenvalue weighted by atomic mass is 16.3. The van der Waals surface area contributed by atoms with E-state index in [4.69, 9.17) is 0 Å². The fraction of sp³-hybridized carbons (Fsp3) is 0.600. The highest BCUT2D eigenvalue weighted by molar-refractivity contribution is 5.23. The van der Waals surface area contributed by atoms with Gasteiger partial charge in [-0.3, -0.25) is 0 Å². The van der Waals surface area contributed by atoms with Gasteiger partial charge in [-0.05, 0) is 18.8 Å². The topological polar surface area (TPSA) is 50.9 Å². The highest BCUT2D eigenvalue weighted by Gasteiger charge is 2.49. The number of allylic oxidation sites excluding steroid dienone is 1. The first-order valence-corrected chi connectivity index (χ1v) is 4.96. The van der Waals surface area contributed by atoms with Crippen molar-refractivity contribution in [3.05, 3.63) is 24.0 Å². The molecule has 2 bridgehead atoms. The van der Waals surface area contributed by atoms with Gasteiger partial charge in [0.05, 0.1) is 6.20 Å². The Hall–Kier alpha value is -1.16. The van der Waals surface area contributed by atoms with E-state index < -0.39 is 5.60 Å². The maximum absolute atomic E-state index is 10.5. The van der Waals surface area contributed by atoms with Crippen molar-refractivity contribution in [1.82, 2.24) is 15.0 Å². The molecule has 0 radical (unpaired) electrons. The molecule has 1 saturated carbocycles. The van der Waals surface area contributed by atoms with Gasteiger partial charge in [-0.15, -0.1) is 0 Å². The minimum atomic E-state index is -0.756. The Labute approximate surface area is 82.2 Å². The highest BCUT2D eigenvalue weighted by Crippen LogP contribution is 2.50. The molecule has 1 N–H and O–H groups in total. The number of aliphatic hydroxyl groups is 1. The summed E-state index contributed by atoms with van der Waals surface area (Å²) < 4.78 is 0. The summed E-state index contributed by atoms with van der Waals surface area (Å²) in [5.41, 5.74) is -0.0370. The third-order valence-corrected chi connectivity index (χ3v) is 3.40. The first-order chi connectivity index (χ1) is 6.68. The Morgan fingerprint density at radius 3 is 2.93 bits per heavy atom. The SMILES string of the molecule is Cn1ncc(C2(O)CC3C=CC2C3)n1.